The number of amides is 1. The molecule has 2 atom stereocenters. The Hall–Kier alpha value is -2.99. The van der Waals surface area contributed by atoms with Crippen molar-refractivity contribution in [2.45, 2.75) is 37.8 Å². The summed E-state index contributed by atoms with van der Waals surface area (Å²) in [4.78, 5) is 28.6. The van der Waals surface area contributed by atoms with Crippen LogP contribution in [0.4, 0.5) is 0 Å². The highest BCUT2D eigenvalue weighted by molar-refractivity contribution is 6.05. The van der Waals surface area contributed by atoms with Crippen molar-refractivity contribution in [2.75, 3.05) is 13.2 Å². The fourth-order valence-corrected chi connectivity index (χ4v) is 4.58. The number of carbonyl (C=O) groups is 1. The second-order valence-electron chi connectivity index (χ2n) is 7.71. The summed E-state index contributed by atoms with van der Waals surface area (Å²) < 4.78 is 7.27. The number of fused-ring (bicyclic) bond motifs is 2. The normalized spacial score (nSPS) is 21.7. The molecule has 1 saturated carbocycles. The standard InChI is InChI=1S/C23H23N3O3/c27-22-18-11-5-4-10-17(18)21(24-26(22)16-8-2-1-3-9-16)23(28)25-14-15-29-20-13-7-6-12-19(20)25/h1-5,8-11,19-20H,6-7,12-15H2/t19-,20-/m0/s1. The molecule has 1 saturated heterocycles. The van der Waals surface area contributed by atoms with E-state index in [2.05, 4.69) is 5.10 Å². The van der Waals surface area contributed by atoms with Gasteiger partial charge in [0, 0.05) is 11.9 Å². The molecule has 1 aliphatic heterocycles. The highest BCUT2D eigenvalue weighted by Crippen LogP contribution is 2.30. The number of morpholine rings is 1. The summed E-state index contributed by atoms with van der Waals surface area (Å²) in [6.07, 6.45) is 4.29. The summed E-state index contributed by atoms with van der Waals surface area (Å²) >= 11 is 0. The van der Waals surface area contributed by atoms with E-state index in [1.54, 1.807) is 6.07 Å². The molecule has 6 nitrogen and oxygen atoms in total. The highest BCUT2D eigenvalue weighted by Gasteiger charge is 2.38. The molecule has 0 unspecified atom stereocenters. The van der Waals surface area contributed by atoms with Crippen LogP contribution in [0.15, 0.2) is 59.4 Å². The van der Waals surface area contributed by atoms with E-state index in [1.165, 1.54) is 4.68 Å². The molecule has 2 aliphatic rings. The van der Waals surface area contributed by atoms with Crippen LogP contribution in [0.2, 0.25) is 0 Å². The minimum Gasteiger partial charge on any atom is -0.374 e. The molecule has 1 aromatic heterocycles. The first-order chi connectivity index (χ1) is 14.2. The van der Waals surface area contributed by atoms with Crippen molar-refractivity contribution < 1.29 is 9.53 Å². The molecule has 2 fully saturated rings. The molecule has 1 amide bonds. The van der Waals surface area contributed by atoms with Crippen LogP contribution in [0.3, 0.4) is 0 Å². The summed E-state index contributed by atoms with van der Waals surface area (Å²) in [5.41, 5.74) is 0.756. The molecule has 29 heavy (non-hydrogen) atoms. The van der Waals surface area contributed by atoms with Crippen molar-refractivity contribution in [3.8, 4) is 5.69 Å². The van der Waals surface area contributed by atoms with E-state index in [9.17, 15) is 9.59 Å². The van der Waals surface area contributed by atoms with Crippen LogP contribution in [0.25, 0.3) is 16.5 Å². The Labute approximate surface area is 168 Å². The van der Waals surface area contributed by atoms with Crippen LogP contribution < -0.4 is 5.56 Å². The number of ether oxygens (including phenoxy) is 1. The second kappa shape index (κ2) is 7.44. The molecule has 1 aliphatic carbocycles. The Bertz CT molecular complexity index is 1110. The molecule has 2 aromatic carbocycles. The minimum absolute atomic E-state index is 0.0858. The maximum absolute atomic E-state index is 13.7. The Morgan fingerprint density at radius 2 is 1.69 bits per heavy atom. The van der Waals surface area contributed by atoms with Gasteiger partial charge in [-0.2, -0.15) is 9.78 Å². The van der Waals surface area contributed by atoms with Gasteiger partial charge in [-0.1, -0.05) is 49.2 Å². The van der Waals surface area contributed by atoms with Crippen molar-refractivity contribution in [3.05, 3.63) is 70.6 Å². The second-order valence-corrected chi connectivity index (χ2v) is 7.71. The van der Waals surface area contributed by atoms with Crippen molar-refractivity contribution >= 4 is 16.7 Å². The van der Waals surface area contributed by atoms with Gasteiger partial charge in [0.05, 0.1) is 29.8 Å². The smallest absolute Gasteiger partial charge is 0.279 e. The number of rotatable bonds is 2. The fourth-order valence-electron chi connectivity index (χ4n) is 4.58. The summed E-state index contributed by atoms with van der Waals surface area (Å²) in [6.45, 7) is 1.10. The molecule has 6 heteroatoms. The monoisotopic (exact) mass is 389 g/mol. The van der Waals surface area contributed by atoms with Crippen molar-refractivity contribution in [1.82, 2.24) is 14.7 Å². The Kier molecular flexibility index (Phi) is 4.64. The van der Waals surface area contributed by atoms with E-state index >= 15 is 0 Å². The van der Waals surface area contributed by atoms with Crippen LogP contribution in [-0.4, -0.2) is 45.9 Å². The van der Waals surface area contributed by atoms with Crippen molar-refractivity contribution in [2.24, 2.45) is 0 Å². The lowest BCUT2D eigenvalue weighted by Gasteiger charge is -2.43. The first kappa shape index (κ1) is 18.1. The number of hydrogen-bond acceptors (Lipinski definition) is 4. The first-order valence-corrected chi connectivity index (χ1v) is 10.2. The van der Waals surface area contributed by atoms with E-state index in [0.29, 0.717) is 35.3 Å². The average Bonchev–Trinajstić information content (AvgIpc) is 2.79. The Balaban J connectivity index is 1.65. The van der Waals surface area contributed by atoms with Gasteiger partial charge < -0.3 is 9.64 Å². The van der Waals surface area contributed by atoms with Crippen LogP contribution >= 0.6 is 0 Å². The van der Waals surface area contributed by atoms with E-state index in [0.717, 1.165) is 25.7 Å². The van der Waals surface area contributed by atoms with E-state index < -0.39 is 0 Å². The van der Waals surface area contributed by atoms with Crippen molar-refractivity contribution in [3.63, 3.8) is 0 Å². The molecular weight excluding hydrogens is 366 g/mol. The van der Waals surface area contributed by atoms with E-state index in [1.807, 2.05) is 53.4 Å². The predicted octanol–water partition coefficient (Wildman–Crippen LogP) is 3.17. The number of para-hydroxylation sites is 1. The molecule has 3 aromatic rings. The van der Waals surface area contributed by atoms with Gasteiger partial charge in [-0.05, 0) is 31.0 Å². The van der Waals surface area contributed by atoms with Gasteiger partial charge in [-0.15, -0.1) is 0 Å². The molecule has 0 radical (unpaired) electrons. The Morgan fingerprint density at radius 3 is 2.52 bits per heavy atom. The lowest BCUT2D eigenvalue weighted by atomic mass is 9.90. The number of hydrogen-bond donors (Lipinski definition) is 0. The first-order valence-electron chi connectivity index (χ1n) is 10.2. The van der Waals surface area contributed by atoms with Gasteiger partial charge in [0.25, 0.3) is 11.5 Å². The van der Waals surface area contributed by atoms with Gasteiger partial charge in [0.15, 0.2) is 5.69 Å². The molecule has 0 spiro atoms. The zero-order valence-electron chi connectivity index (χ0n) is 16.2. The molecule has 5 rings (SSSR count). The van der Waals surface area contributed by atoms with E-state index in [4.69, 9.17) is 4.74 Å². The fraction of sp³-hybridized carbons (Fsp3) is 0.348. The highest BCUT2D eigenvalue weighted by atomic mass is 16.5. The summed E-state index contributed by atoms with van der Waals surface area (Å²) in [5.74, 6) is -0.119. The number of carbonyl (C=O) groups excluding carboxylic acids is 1. The third kappa shape index (κ3) is 3.13. The number of benzene rings is 2. The molecule has 0 bridgehead atoms. The maximum Gasteiger partial charge on any atom is 0.279 e. The number of nitrogens with zero attached hydrogens (tertiary/aromatic N) is 3. The van der Waals surface area contributed by atoms with Crippen LogP contribution in [-0.2, 0) is 4.74 Å². The third-order valence-electron chi connectivity index (χ3n) is 6.00. The molecule has 0 N–H and O–H groups in total. The van der Waals surface area contributed by atoms with Crippen LogP contribution in [0.1, 0.15) is 36.2 Å². The minimum atomic E-state index is -0.221. The summed E-state index contributed by atoms with van der Waals surface area (Å²) in [7, 11) is 0. The third-order valence-corrected chi connectivity index (χ3v) is 6.00. The lowest BCUT2D eigenvalue weighted by Crippen LogP contribution is -2.55. The quantitative estimate of drug-likeness (QED) is 0.675. The number of aromatic nitrogens is 2. The van der Waals surface area contributed by atoms with Gasteiger partial charge >= 0.3 is 0 Å². The zero-order valence-corrected chi connectivity index (χ0v) is 16.2. The molecule has 2 heterocycles. The van der Waals surface area contributed by atoms with Gasteiger partial charge in [-0.25, -0.2) is 0 Å². The van der Waals surface area contributed by atoms with Gasteiger partial charge in [-0.3, -0.25) is 9.59 Å². The maximum atomic E-state index is 13.7. The van der Waals surface area contributed by atoms with E-state index in [-0.39, 0.29) is 23.6 Å². The zero-order chi connectivity index (χ0) is 19.8. The van der Waals surface area contributed by atoms with Crippen molar-refractivity contribution in [1.29, 1.82) is 0 Å². The van der Waals surface area contributed by atoms with Crippen LogP contribution in [0, 0.1) is 0 Å². The molecular formula is C23H23N3O3. The topological polar surface area (TPSA) is 64.4 Å². The lowest BCUT2D eigenvalue weighted by molar-refractivity contribution is -0.0754. The largest absolute Gasteiger partial charge is 0.374 e. The average molecular weight is 389 g/mol. The predicted molar refractivity (Wildman–Crippen MR) is 110 cm³/mol. The summed E-state index contributed by atoms with van der Waals surface area (Å²) in [6, 6.07) is 16.6. The summed E-state index contributed by atoms with van der Waals surface area (Å²) in [5, 5.41) is 5.66. The van der Waals surface area contributed by atoms with Gasteiger partial charge in [0.2, 0.25) is 0 Å². The van der Waals surface area contributed by atoms with Crippen LogP contribution in [0.5, 0.6) is 0 Å². The SMILES string of the molecule is O=C(c1nn(-c2ccccc2)c(=O)c2ccccc12)N1CCO[C@H]2CCCC[C@@H]21. The molecule has 148 valence electrons. The van der Waals surface area contributed by atoms with Gasteiger partial charge in [0.1, 0.15) is 0 Å². The Morgan fingerprint density at radius 1 is 0.966 bits per heavy atom.